The average molecular weight is 273 g/mol. The number of nitrogens with two attached hydrogens (primary N) is 1. The number of carboxylic acids is 2. The molecule has 1 amide bonds. The first-order chi connectivity index (χ1) is 8.90. The molecule has 1 unspecified atom stereocenters. The van der Waals surface area contributed by atoms with Crippen LogP contribution in [0.25, 0.3) is 0 Å². The highest BCUT2D eigenvalue weighted by molar-refractivity contribution is 5.80. The minimum absolute atomic E-state index is 0.0156. The van der Waals surface area contributed by atoms with E-state index in [2.05, 4.69) is 5.32 Å². The van der Waals surface area contributed by atoms with Crippen molar-refractivity contribution in [1.29, 1.82) is 0 Å². The lowest BCUT2D eigenvalue weighted by Gasteiger charge is -2.30. The molecule has 5 N–H and O–H groups in total. The van der Waals surface area contributed by atoms with E-state index in [0.29, 0.717) is 25.9 Å². The molecule has 1 saturated heterocycles. The molecule has 108 valence electrons. The van der Waals surface area contributed by atoms with Crippen LogP contribution in [0.3, 0.4) is 0 Å². The molecule has 1 rings (SSSR count). The van der Waals surface area contributed by atoms with E-state index in [9.17, 15) is 14.4 Å². The molecular weight excluding hydrogens is 254 g/mol. The smallest absolute Gasteiger partial charge is 0.322 e. The van der Waals surface area contributed by atoms with Gasteiger partial charge in [-0.05, 0) is 25.9 Å². The summed E-state index contributed by atoms with van der Waals surface area (Å²) in [6.07, 6.45) is 1.14. The maximum Gasteiger partial charge on any atom is 0.322 e. The average Bonchev–Trinajstić information content (AvgIpc) is 2.35. The first-order valence-electron chi connectivity index (χ1n) is 6.10. The van der Waals surface area contributed by atoms with Crippen LogP contribution in [-0.4, -0.2) is 65.2 Å². The van der Waals surface area contributed by atoms with Crippen LogP contribution in [0.2, 0.25) is 0 Å². The maximum absolute atomic E-state index is 11.8. The fourth-order valence-corrected chi connectivity index (χ4v) is 1.99. The molecule has 0 spiro atoms. The molecule has 1 aliphatic rings. The third kappa shape index (κ3) is 5.23. The molecule has 0 aromatic heterocycles. The maximum atomic E-state index is 11.8. The molecule has 1 aliphatic heterocycles. The van der Waals surface area contributed by atoms with Gasteiger partial charge in [-0.1, -0.05) is 0 Å². The minimum atomic E-state index is -1.16. The van der Waals surface area contributed by atoms with Gasteiger partial charge in [0.05, 0.1) is 6.54 Å². The Hall–Kier alpha value is -1.67. The van der Waals surface area contributed by atoms with Gasteiger partial charge in [0, 0.05) is 12.5 Å². The molecule has 8 nitrogen and oxygen atoms in total. The summed E-state index contributed by atoms with van der Waals surface area (Å²) in [5.41, 5.74) is 5.28. The molecule has 1 heterocycles. The summed E-state index contributed by atoms with van der Waals surface area (Å²) in [5.74, 6) is -2.45. The number of hydrogen-bond acceptors (Lipinski definition) is 5. The van der Waals surface area contributed by atoms with E-state index in [1.165, 1.54) is 0 Å². The molecule has 0 aromatic rings. The van der Waals surface area contributed by atoms with Crippen molar-refractivity contribution in [2.24, 2.45) is 11.7 Å². The summed E-state index contributed by atoms with van der Waals surface area (Å²) >= 11 is 0. The Labute approximate surface area is 110 Å². The third-order valence-electron chi connectivity index (χ3n) is 3.13. The summed E-state index contributed by atoms with van der Waals surface area (Å²) in [7, 11) is 0. The molecule has 0 aliphatic carbocycles. The lowest BCUT2D eigenvalue weighted by molar-refractivity contribution is -0.139. The first kappa shape index (κ1) is 15.4. The Bertz CT molecular complexity index is 352. The van der Waals surface area contributed by atoms with Crippen molar-refractivity contribution in [3.05, 3.63) is 0 Å². The molecule has 0 radical (unpaired) electrons. The molecule has 1 atom stereocenters. The van der Waals surface area contributed by atoms with Crippen LogP contribution >= 0.6 is 0 Å². The van der Waals surface area contributed by atoms with E-state index in [1.807, 2.05) is 0 Å². The fourth-order valence-electron chi connectivity index (χ4n) is 1.99. The number of aliphatic carboxylic acids is 2. The molecule has 0 bridgehead atoms. The molecule has 0 saturated carbocycles. The molecule has 0 aromatic carbocycles. The van der Waals surface area contributed by atoms with Gasteiger partial charge in [0.1, 0.15) is 6.04 Å². The van der Waals surface area contributed by atoms with Crippen molar-refractivity contribution < 1.29 is 24.6 Å². The summed E-state index contributed by atoms with van der Waals surface area (Å²) in [4.78, 5) is 34.6. The second-order valence-electron chi connectivity index (χ2n) is 4.63. The zero-order chi connectivity index (χ0) is 14.4. The van der Waals surface area contributed by atoms with Crippen LogP contribution in [0.5, 0.6) is 0 Å². The van der Waals surface area contributed by atoms with E-state index < -0.39 is 18.0 Å². The molecule has 8 heteroatoms. The van der Waals surface area contributed by atoms with Gasteiger partial charge in [0.2, 0.25) is 5.91 Å². The summed E-state index contributed by atoms with van der Waals surface area (Å²) < 4.78 is 0. The predicted molar refractivity (Wildman–Crippen MR) is 65.4 cm³/mol. The highest BCUT2D eigenvalue weighted by Gasteiger charge is 2.26. The fraction of sp³-hybridized carbons (Fsp3) is 0.727. The van der Waals surface area contributed by atoms with Gasteiger partial charge < -0.3 is 21.3 Å². The Kier molecular flexibility index (Phi) is 5.71. The van der Waals surface area contributed by atoms with E-state index in [4.69, 9.17) is 15.9 Å². The molecular formula is C11H19N3O5. The van der Waals surface area contributed by atoms with Crippen molar-refractivity contribution >= 4 is 17.8 Å². The Morgan fingerprint density at radius 2 is 1.84 bits per heavy atom. The molecule has 1 fully saturated rings. The van der Waals surface area contributed by atoms with Gasteiger partial charge >= 0.3 is 11.9 Å². The van der Waals surface area contributed by atoms with Gasteiger partial charge in [-0.15, -0.1) is 0 Å². The summed E-state index contributed by atoms with van der Waals surface area (Å²) in [5, 5.41) is 19.7. The SMILES string of the molecule is NC(CNC(=O)C1CCN(CC(=O)O)CC1)C(=O)O. The van der Waals surface area contributed by atoms with Crippen molar-refractivity contribution in [2.75, 3.05) is 26.2 Å². The second-order valence-corrected chi connectivity index (χ2v) is 4.63. The number of carbonyl (C=O) groups is 3. The Morgan fingerprint density at radius 1 is 1.26 bits per heavy atom. The van der Waals surface area contributed by atoms with Gasteiger partial charge in [-0.2, -0.15) is 0 Å². The van der Waals surface area contributed by atoms with Crippen molar-refractivity contribution in [3.63, 3.8) is 0 Å². The standard InChI is InChI=1S/C11H19N3O5/c12-8(11(18)19)5-13-10(17)7-1-3-14(4-2-7)6-9(15)16/h7-8H,1-6,12H2,(H,13,17)(H,15,16)(H,18,19). The van der Waals surface area contributed by atoms with Crippen molar-refractivity contribution in [3.8, 4) is 0 Å². The Morgan fingerprint density at radius 3 is 2.32 bits per heavy atom. The number of rotatable bonds is 6. The zero-order valence-corrected chi connectivity index (χ0v) is 10.5. The summed E-state index contributed by atoms with van der Waals surface area (Å²) in [6.45, 7) is 0.993. The second kappa shape index (κ2) is 7.05. The monoisotopic (exact) mass is 273 g/mol. The van der Waals surface area contributed by atoms with Crippen LogP contribution in [-0.2, 0) is 14.4 Å². The van der Waals surface area contributed by atoms with E-state index in [-0.39, 0.29) is 24.9 Å². The number of hydrogen-bond donors (Lipinski definition) is 4. The van der Waals surface area contributed by atoms with Crippen LogP contribution in [0.1, 0.15) is 12.8 Å². The number of piperidine rings is 1. The van der Waals surface area contributed by atoms with Gasteiger partial charge in [-0.25, -0.2) is 0 Å². The van der Waals surface area contributed by atoms with Gasteiger partial charge in [0.15, 0.2) is 0 Å². The number of amides is 1. The van der Waals surface area contributed by atoms with Crippen molar-refractivity contribution in [2.45, 2.75) is 18.9 Å². The quantitative estimate of drug-likeness (QED) is 0.454. The lowest BCUT2D eigenvalue weighted by Crippen LogP contribution is -2.46. The van der Waals surface area contributed by atoms with Crippen LogP contribution < -0.4 is 11.1 Å². The number of nitrogens with one attached hydrogen (secondary N) is 1. The number of carboxylic acid groups (broad SMARTS) is 2. The highest BCUT2D eigenvalue weighted by atomic mass is 16.4. The number of nitrogens with zero attached hydrogens (tertiary/aromatic N) is 1. The zero-order valence-electron chi connectivity index (χ0n) is 10.5. The molecule has 19 heavy (non-hydrogen) atoms. The van der Waals surface area contributed by atoms with E-state index in [1.54, 1.807) is 4.90 Å². The van der Waals surface area contributed by atoms with Crippen molar-refractivity contribution in [1.82, 2.24) is 10.2 Å². The normalized spacial score (nSPS) is 18.8. The minimum Gasteiger partial charge on any atom is -0.480 e. The number of carbonyl (C=O) groups excluding carboxylic acids is 1. The van der Waals surface area contributed by atoms with Gasteiger partial charge in [0.25, 0.3) is 0 Å². The number of likely N-dealkylation sites (tertiary alicyclic amines) is 1. The van der Waals surface area contributed by atoms with E-state index >= 15 is 0 Å². The predicted octanol–water partition coefficient (Wildman–Crippen LogP) is -1.69. The highest BCUT2D eigenvalue weighted by Crippen LogP contribution is 2.16. The van der Waals surface area contributed by atoms with Gasteiger partial charge in [-0.3, -0.25) is 19.3 Å². The third-order valence-corrected chi connectivity index (χ3v) is 3.13. The lowest BCUT2D eigenvalue weighted by atomic mass is 9.96. The largest absolute Gasteiger partial charge is 0.480 e. The topological polar surface area (TPSA) is 133 Å². The van der Waals surface area contributed by atoms with Crippen LogP contribution in [0.4, 0.5) is 0 Å². The van der Waals surface area contributed by atoms with E-state index in [0.717, 1.165) is 0 Å². The first-order valence-corrected chi connectivity index (χ1v) is 6.10. The van der Waals surface area contributed by atoms with Crippen LogP contribution in [0.15, 0.2) is 0 Å². The van der Waals surface area contributed by atoms with Crippen LogP contribution in [0, 0.1) is 5.92 Å². The summed E-state index contributed by atoms with van der Waals surface area (Å²) in [6, 6.07) is -1.10. The Balaban J connectivity index is 2.29.